The van der Waals surface area contributed by atoms with Gasteiger partial charge in [-0.15, -0.1) is 0 Å². The first-order valence-corrected chi connectivity index (χ1v) is 7.49. The van der Waals surface area contributed by atoms with Crippen LogP contribution in [0.5, 0.6) is 0 Å². The fraction of sp³-hybridized carbons (Fsp3) is 0.933. The average Bonchev–Trinajstić information content (AvgIpc) is 2.37. The summed E-state index contributed by atoms with van der Waals surface area (Å²) in [5.41, 5.74) is -0.149. The Labute approximate surface area is 125 Å². The van der Waals surface area contributed by atoms with Gasteiger partial charge in [-0.25, -0.2) is 0 Å². The Kier molecular flexibility index (Phi) is 6.08. The van der Waals surface area contributed by atoms with E-state index in [0.717, 1.165) is 6.41 Å². The van der Waals surface area contributed by atoms with Gasteiger partial charge in [-0.3, -0.25) is 4.79 Å². The van der Waals surface area contributed by atoms with Gasteiger partial charge in [-0.1, -0.05) is 0 Å². The standard InChI is InChI=1S/C15H27F3N2O/c1-14(2,19(3)4)10-20(11-21)9-12-5-7-13(8-6-12)15(16,17)18/h11-13H,5-10H2,1-4H3. The van der Waals surface area contributed by atoms with E-state index in [9.17, 15) is 18.0 Å². The molecular weight excluding hydrogens is 281 g/mol. The van der Waals surface area contributed by atoms with Crippen molar-refractivity contribution in [1.82, 2.24) is 9.80 Å². The summed E-state index contributed by atoms with van der Waals surface area (Å²) in [4.78, 5) is 15.0. The zero-order valence-electron chi connectivity index (χ0n) is 13.4. The van der Waals surface area contributed by atoms with E-state index in [1.807, 2.05) is 32.8 Å². The van der Waals surface area contributed by atoms with Crippen LogP contribution in [0.4, 0.5) is 13.2 Å². The van der Waals surface area contributed by atoms with Crippen LogP contribution in [0.15, 0.2) is 0 Å². The van der Waals surface area contributed by atoms with Gasteiger partial charge >= 0.3 is 6.18 Å². The molecule has 1 saturated carbocycles. The highest BCUT2D eigenvalue weighted by Gasteiger charge is 2.41. The number of rotatable bonds is 6. The molecule has 1 aliphatic carbocycles. The number of alkyl halides is 3. The SMILES string of the molecule is CN(C)C(C)(C)CN(C=O)CC1CCC(C(F)(F)F)CC1. The number of likely N-dealkylation sites (N-methyl/N-ethyl adjacent to an activating group) is 1. The second-order valence-electron chi connectivity index (χ2n) is 7.00. The minimum absolute atomic E-state index is 0.149. The van der Waals surface area contributed by atoms with E-state index in [1.165, 1.54) is 0 Å². The maximum Gasteiger partial charge on any atom is 0.391 e. The van der Waals surface area contributed by atoms with Crippen LogP contribution in [0.3, 0.4) is 0 Å². The Morgan fingerprint density at radius 2 is 1.62 bits per heavy atom. The van der Waals surface area contributed by atoms with Gasteiger partial charge in [-0.05, 0) is 59.5 Å². The zero-order chi connectivity index (χ0) is 16.3. The molecule has 0 radical (unpaired) electrons. The first-order valence-electron chi connectivity index (χ1n) is 7.49. The van der Waals surface area contributed by atoms with Crippen LogP contribution in [-0.2, 0) is 4.79 Å². The molecule has 124 valence electrons. The fourth-order valence-electron chi connectivity index (χ4n) is 2.79. The predicted octanol–water partition coefficient (Wildman–Crippen LogP) is 3.15. The zero-order valence-corrected chi connectivity index (χ0v) is 13.4. The van der Waals surface area contributed by atoms with Gasteiger partial charge in [0.05, 0.1) is 5.92 Å². The number of hydrogen-bond acceptors (Lipinski definition) is 2. The third-order valence-electron chi connectivity index (χ3n) is 4.75. The molecule has 21 heavy (non-hydrogen) atoms. The summed E-state index contributed by atoms with van der Waals surface area (Å²) < 4.78 is 37.9. The largest absolute Gasteiger partial charge is 0.391 e. The van der Waals surface area contributed by atoms with Crippen molar-refractivity contribution in [3.8, 4) is 0 Å². The lowest BCUT2D eigenvalue weighted by Crippen LogP contribution is -2.49. The summed E-state index contributed by atoms with van der Waals surface area (Å²) in [5.74, 6) is -0.969. The van der Waals surface area contributed by atoms with E-state index in [-0.39, 0.29) is 24.3 Å². The van der Waals surface area contributed by atoms with Crippen molar-refractivity contribution in [2.45, 2.75) is 51.2 Å². The maximum atomic E-state index is 12.6. The van der Waals surface area contributed by atoms with Crippen LogP contribution in [-0.4, -0.2) is 55.1 Å². The number of carbonyl (C=O) groups is 1. The lowest BCUT2D eigenvalue weighted by atomic mass is 9.81. The van der Waals surface area contributed by atoms with Crippen molar-refractivity contribution < 1.29 is 18.0 Å². The highest BCUT2D eigenvalue weighted by atomic mass is 19.4. The second kappa shape index (κ2) is 6.99. The summed E-state index contributed by atoms with van der Waals surface area (Å²) in [6, 6.07) is 0. The summed E-state index contributed by atoms with van der Waals surface area (Å²) >= 11 is 0. The van der Waals surface area contributed by atoms with E-state index in [2.05, 4.69) is 0 Å². The lowest BCUT2D eigenvalue weighted by Gasteiger charge is -2.38. The van der Waals surface area contributed by atoms with Crippen molar-refractivity contribution in [3.63, 3.8) is 0 Å². The molecule has 0 N–H and O–H groups in total. The van der Waals surface area contributed by atoms with E-state index >= 15 is 0 Å². The van der Waals surface area contributed by atoms with Gasteiger partial charge in [0.2, 0.25) is 6.41 Å². The van der Waals surface area contributed by atoms with Crippen molar-refractivity contribution in [2.24, 2.45) is 11.8 Å². The molecule has 0 saturated heterocycles. The van der Waals surface area contributed by atoms with Crippen LogP contribution in [0.25, 0.3) is 0 Å². The number of carbonyl (C=O) groups excluding carboxylic acids is 1. The Morgan fingerprint density at radius 3 is 2.00 bits per heavy atom. The third-order valence-corrected chi connectivity index (χ3v) is 4.75. The topological polar surface area (TPSA) is 23.6 Å². The van der Waals surface area contributed by atoms with Crippen molar-refractivity contribution in [3.05, 3.63) is 0 Å². The van der Waals surface area contributed by atoms with Gasteiger partial charge in [-0.2, -0.15) is 13.2 Å². The molecule has 0 atom stereocenters. The molecule has 0 aromatic rings. The van der Waals surface area contributed by atoms with Crippen LogP contribution >= 0.6 is 0 Å². The molecule has 3 nitrogen and oxygen atoms in total. The summed E-state index contributed by atoms with van der Waals surface area (Å²) in [5, 5.41) is 0. The second-order valence-corrected chi connectivity index (χ2v) is 7.00. The van der Waals surface area contributed by atoms with Gasteiger partial charge in [0.25, 0.3) is 0 Å². The molecule has 0 aromatic carbocycles. The molecule has 0 spiro atoms. The number of nitrogens with zero attached hydrogens (tertiary/aromatic N) is 2. The molecule has 1 fully saturated rings. The van der Waals surface area contributed by atoms with E-state index in [0.29, 0.717) is 25.9 Å². The monoisotopic (exact) mass is 308 g/mol. The molecule has 1 rings (SSSR count). The minimum Gasteiger partial charge on any atom is -0.343 e. The van der Waals surface area contributed by atoms with E-state index in [1.54, 1.807) is 4.90 Å². The molecule has 1 amide bonds. The highest BCUT2D eigenvalue weighted by molar-refractivity contribution is 5.47. The third kappa shape index (κ3) is 5.49. The molecule has 0 aliphatic heterocycles. The first-order chi connectivity index (χ1) is 9.56. The van der Waals surface area contributed by atoms with E-state index < -0.39 is 12.1 Å². The van der Waals surface area contributed by atoms with Crippen molar-refractivity contribution in [2.75, 3.05) is 27.2 Å². The van der Waals surface area contributed by atoms with Gasteiger partial charge in [0.1, 0.15) is 0 Å². The molecule has 0 bridgehead atoms. The van der Waals surface area contributed by atoms with Gasteiger partial charge in [0, 0.05) is 18.6 Å². The quantitative estimate of drug-likeness (QED) is 0.704. The molecular formula is C15H27F3N2O. The first kappa shape index (κ1) is 18.3. The minimum atomic E-state index is -4.07. The molecule has 6 heteroatoms. The maximum absolute atomic E-state index is 12.6. The summed E-state index contributed by atoms with van der Waals surface area (Å²) in [7, 11) is 3.91. The normalized spacial score (nSPS) is 24.2. The summed E-state index contributed by atoms with van der Waals surface area (Å²) in [6.45, 7) is 5.24. The molecule has 0 aromatic heterocycles. The lowest BCUT2D eigenvalue weighted by molar-refractivity contribution is -0.184. The fourth-order valence-corrected chi connectivity index (χ4v) is 2.79. The van der Waals surface area contributed by atoms with Crippen molar-refractivity contribution >= 4 is 6.41 Å². The Morgan fingerprint density at radius 1 is 1.10 bits per heavy atom. The number of hydrogen-bond donors (Lipinski definition) is 0. The molecule has 0 heterocycles. The highest BCUT2D eigenvalue weighted by Crippen LogP contribution is 2.39. The molecule has 0 unspecified atom stereocenters. The van der Waals surface area contributed by atoms with Crippen LogP contribution in [0, 0.1) is 11.8 Å². The Bertz CT molecular complexity index is 334. The molecule has 1 aliphatic rings. The smallest absolute Gasteiger partial charge is 0.343 e. The van der Waals surface area contributed by atoms with Crippen LogP contribution < -0.4 is 0 Å². The van der Waals surface area contributed by atoms with E-state index in [4.69, 9.17) is 0 Å². The van der Waals surface area contributed by atoms with Crippen LogP contribution in [0.1, 0.15) is 39.5 Å². The Balaban J connectivity index is 2.48. The Hall–Kier alpha value is -0.780. The van der Waals surface area contributed by atoms with Crippen LogP contribution in [0.2, 0.25) is 0 Å². The average molecular weight is 308 g/mol. The number of amides is 1. The number of halogens is 3. The van der Waals surface area contributed by atoms with Gasteiger partial charge < -0.3 is 9.80 Å². The summed E-state index contributed by atoms with van der Waals surface area (Å²) in [6.07, 6.45) is -1.76. The van der Waals surface area contributed by atoms with Crippen molar-refractivity contribution in [1.29, 1.82) is 0 Å². The predicted molar refractivity (Wildman–Crippen MR) is 76.9 cm³/mol. The van der Waals surface area contributed by atoms with Gasteiger partial charge in [0.15, 0.2) is 0 Å².